The lowest BCUT2D eigenvalue weighted by Gasteiger charge is -2.26. The van der Waals surface area contributed by atoms with Gasteiger partial charge in [-0.15, -0.1) is 0 Å². The summed E-state index contributed by atoms with van der Waals surface area (Å²) in [6, 6.07) is 0. The van der Waals surface area contributed by atoms with E-state index < -0.39 is 0 Å². The molecule has 0 amide bonds. The quantitative estimate of drug-likeness (QED) is 0.703. The Labute approximate surface area is 127 Å². The van der Waals surface area contributed by atoms with Crippen molar-refractivity contribution in [3.8, 4) is 11.3 Å². The second-order valence-corrected chi connectivity index (χ2v) is 6.95. The molecule has 2 nitrogen and oxygen atoms in total. The van der Waals surface area contributed by atoms with Crippen LogP contribution in [-0.4, -0.2) is 9.97 Å². The molecule has 0 fully saturated rings. The number of nitrogens with zero attached hydrogens (tertiary/aromatic N) is 2. The first-order chi connectivity index (χ1) is 9.67. The van der Waals surface area contributed by atoms with Crippen molar-refractivity contribution in [2.75, 3.05) is 0 Å². The number of hydrogen-bond acceptors (Lipinski definition) is 2. The molecule has 0 aliphatic heterocycles. The smallest absolute Gasteiger partial charge is 0.126 e. The van der Waals surface area contributed by atoms with Crippen LogP contribution in [0.2, 0.25) is 0 Å². The van der Waals surface area contributed by atoms with Crippen molar-refractivity contribution in [3.63, 3.8) is 0 Å². The Kier molecular flexibility index (Phi) is 2.82. The molecular formula is C19H24N2. The van der Waals surface area contributed by atoms with Gasteiger partial charge in [-0.25, -0.2) is 9.97 Å². The molecule has 0 unspecified atom stereocenters. The minimum Gasteiger partial charge on any atom is -0.238 e. The van der Waals surface area contributed by atoms with Crippen molar-refractivity contribution in [1.82, 2.24) is 9.97 Å². The number of hydrogen-bond donors (Lipinski definition) is 0. The van der Waals surface area contributed by atoms with Crippen LogP contribution in [0, 0.1) is 41.5 Å². The summed E-state index contributed by atoms with van der Waals surface area (Å²) in [5.74, 6) is 0.866. The molecule has 3 rings (SSSR count). The van der Waals surface area contributed by atoms with Crippen molar-refractivity contribution in [2.45, 2.75) is 60.8 Å². The number of benzene rings is 1. The van der Waals surface area contributed by atoms with Gasteiger partial charge in [0.2, 0.25) is 0 Å². The fourth-order valence-electron chi connectivity index (χ4n) is 4.16. The van der Waals surface area contributed by atoms with Gasteiger partial charge in [0.25, 0.3) is 0 Å². The summed E-state index contributed by atoms with van der Waals surface area (Å²) in [7, 11) is 0. The molecule has 1 heterocycles. The first-order valence-electron chi connectivity index (χ1n) is 7.64. The van der Waals surface area contributed by atoms with E-state index in [1.54, 1.807) is 0 Å². The summed E-state index contributed by atoms with van der Waals surface area (Å²) in [6.45, 7) is 17.7. The average molecular weight is 280 g/mol. The fraction of sp³-hybridized carbons (Fsp3) is 0.474. The second-order valence-electron chi connectivity index (χ2n) is 6.95. The van der Waals surface area contributed by atoms with Crippen LogP contribution in [0.15, 0.2) is 0 Å². The molecule has 1 aromatic heterocycles. The molecule has 2 heteroatoms. The topological polar surface area (TPSA) is 25.8 Å². The summed E-state index contributed by atoms with van der Waals surface area (Å²) < 4.78 is 0. The Morgan fingerprint density at radius 1 is 0.667 bits per heavy atom. The van der Waals surface area contributed by atoms with E-state index in [0.29, 0.717) is 0 Å². The summed E-state index contributed by atoms with van der Waals surface area (Å²) in [4.78, 5) is 9.43. The molecule has 1 aliphatic carbocycles. The highest BCUT2D eigenvalue weighted by molar-refractivity contribution is 5.84. The van der Waals surface area contributed by atoms with Crippen LogP contribution < -0.4 is 0 Å². The maximum atomic E-state index is 4.81. The monoisotopic (exact) mass is 280 g/mol. The zero-order chi connectivity index (χ0) is 15.7. The van der Waals surface area contributed by atoms with Gasteiger partial charge < -0.3 is 0 Å². The molecule has 2 aromatic rings. The molecule has 0 saturated heterocycles. The number of rotatable bonds is 0. The van der Waals surface area contributed by atoms with Gasteiger partial charge in [-0.1, -0.05) is 13.8 Å². The standard InChI is InChI=1S/C19H24N2/c1-9-10(2)12(4)16-15(11(9)3)18-17(19(16,7)8)13(5)20-14(6)21-18/h1-8H3. The van der Waals surface area contributed by atoms with Crippen molar-refractivity contribution >= 4 is 0 Å². The third-order valence-corrected chi connectivity index (χ3v) is 5.38. The number of aryl methyl sites for hydroxylation is 2. The Bertz CT molecular complexity index is 783. The fourth-order valence-corrected chi connectivity index (χ4v) is 4.16. The molecule has 110 valence electrons. The zero-order valence-corrected chi connectivity index (χ0v) is 14.4. The Morgan fingerprint density at radius 3 is 1.86 bits per heavy atom. The first kappa shape index (κ1) is 14.2. The largest absolute Gasteiger partial charge is 0.238 e. The van der Waals surface area contributed by atoms with Gasteiger partial charge in [0.1, 0.15) is 5.82 Å². The van der Waals surface area contributed by atoms with Gasteiger partial charge in [0, 0.05) is 22.2 Å². The lowest BCUT2D eigenvalue weighted by atomic mass is 9.77. The highest BCUT2D eigenvalue weighted by Crippen LogP contribution is 2.52. The molecule has 0 N–H and O–H groups in total. The van der Waals surface area contributed by atoms with Gasteiger partial charge in [-0.2, -0.15) is 0 Å². The van der Waals surface area contributed by atoms with Gasteiger partial charge in [0.05, 0.1) is 5.69 Å². The second kappa shape index (κ2) is 4.16. The molecule has 0 saturated carbocycles. The summed E-state index contributed by atoms with van der Waals surface area (Å²) >= 11 is 0. The average Bonchev–Trinajstić information content (AvgIpc) is 2.61. The molecule has 0 spiro atoms. The lowest BCUT2D eigenvalue weighted by Crippen LogP contribution is -2.19. The summed E-state index contributed by atoms with van der Waals surface area (Å²) in [6.07, 6.45) is 0. The molecule has 1 aromatic carbocycles. The SMILES string of the molecule is Cc1nc(C)c2c(n1)-c1c(C)c(C)c(C)c(C)c1C2(C)C. The number of aromatic nitrogens is 2. The van der Waals surface area contributed by atoms with E-state index in [-0.39, 0.29) is 5.41 Å². The van der Waals surface area contributed by atoms with Crippen molar-refractivity contribution < 1.29 is 0 Å². The van der Waals surface area contributed by atoms with E-state index in [2.05, 4.69) is 53.5 Å². The van der Waals surface area contributed by atoms with Crippen LogP contribution >= 0.6 is 0 Å². The van der Waals surface area contributed by atoms with Crippen molar-refractivity contribution in [2.24, 2.45) is 0 Å². The molecule has 0 atom stereocenters. The third-order valence-electron chi connectivity index (χ3n) is 5.38. The Morgan fingerprint density at radius 2 is 1.24 bits per heavy atom. The first-order valence-corrected chi connectivity index (χ1v) is 7.64. The maximum Gasteiger partial charge on any atom is 0.126 e. The van der Waals surface area contributed by atoms with Gasteiger partial charge in [-0.05, 0) is 69.4 Å². The van der Waals surface area contributed by atoms with E-state index in [0.717, 1.165) is 17.2 Å². The molecule has 0 radical (unpaired) electrons. The van der Waals surface area contributed by atoms with Gasteiger partial charge >= 0.3 is 0 Å². The van der Waals surface area contributed by atoms with Crippen molar-refractivity contribution in [3.05, 3.63) is 44.9 Å². The Balaban J connectivity index is 2.56. The predicted molar refractivity (Wildman–Crippen MR) is 88.0 cm³/mol. The van der Waals surface area contributed by atoms with Crippen LogP contribution in [0.1, 0.15) is 58.7 Å². The highest BCUT2D eigenvalue weighted by atomic mass is 14.9. The molecular weight excluding hydrogens is 256 g/mol. The Hall–Kier alpha value is -1.70. The minimum atomic E-state index is -0.0181. The zero-order valence-electron chi connectivity index (χ0n) is 14.4. The minimum absolute atomic E-state index is 0.0181. The lowest BCUT2D eigenvalue weighted by molar-refractivity contribution is 0.642. The highest BCUT2D eigenvalue weighted by Gasteiger charge is 2.41. The van der Waals surface area contributed by atoms with E-state index in [1.807, 2.05) is 6.92 Å². The maximum absolute atomic E-state index is 4.81. The van der Waals surface area contributed by atoms with E-state index in [9.17, 15) is 0 Å². The molecule has 0 bridgehead atoms. The summed E-state index contributed by atoms with van der Waals surface area (Å²) in [5.41, 5.74) is 11.9. The van der Waals surface area contributed by atoms with Crippen LogP contribution in [0.5, 0.6) is 0 Å². The van der Waals surface area contributed by atoms with E-state index >= 15 is 0 Å². The predicted octanol–water partition coefficient (Wildman–Crippen LogP) is 4.63. The van der Waals surface area contributed by atoms with Crippen LogP contribution in [0.25, 0.3) is 11.3 Å². The van der Waals surface area contributed by atoms with Crippen LogP contribution in [0.4, 0.5) is 0 Å². The van der Waals surface area contributed by atoms with E-state index in [1.165, 1.54) is 38.9 Å². The molecule has 21 heavy (non-hydrogen) atoms. The van der Waals surface area contributed by atoms with Crippen LogP contribution in [0.3, 0.4) is 0 Å². The normalized spacial score (nSPS) is 15.0. The molecule has 1 aliphatic rings. The third kappa shape index (κ3) is 1.65. The van der Waals surface area contributed by atoms with Gasteiger partial charge in [-0.3, -0.25) is 0 Å². The number of fused-ring (bicyclic) bond motifs is 3. The van der Waals surface area contributed by atoms with Crippen LogP contribution in [-0.2, 0) is 5.41 Å². The van der Waals surface area contributed by atoms with Crippen molar-refractivity contribution in [1.29, 1.82) is 0 Å². The van der Waals surface area contributed by atoms with E-state index in [4.69, 9.17) is 4.98 Å². The van der Waals surface area contributed by atoms with Gasteiger partial charge in [0.15, 0.2) is 0 Å². The summed E-state index contributed by atoms with van der Waals surface area (Å²) in [5, 5.41) is 0.